The largest absolute Gasteiger partial charge is 0.493 e. The Morgan fingerprint density at radius 1 is 1.11 bits per heavy atom. The molecule has 10 heteroatoms. The number of hydrogen-bond donors (Lipinski definition) is 0. The van der Waals surface area contributed by atoms with Gasteiger partial charge in [-0.1, -0.05) is 28.9 Å². The zero-order valence-electron chi connectivity index (χ0n) is 20.8. The number of hydrogen-bond acceptors (Lipinski definition) is 7. The topological polar surface area (TPSA) is 89.6 Å². The highest BCUT2D eigenvalue weighted by Crippen LogP contribution is 2.46. The molecule has 0 unspecified atom stereocenters. The molecule has 2 aromatic heterocycles. The van der Waals surface area contributed by atoms with E-state index in [4.69, 9.17) is 30.5 Å². The number of aromatic nitrogens is 4. The Hall–Kier alpha value is -3.82. The van der Waals surface area contributed by atoms with Crippen molar-refractivity contribution in [1.29, 1.82) is 0 Å². The number of rotatable bonds is 8. The number of para-hydroxylation sites is 1. The molecule has 1 aliphatic heterocycles. The number of ether oxygens (including phenoxy) is 4. The minimum atomic E-state index is -0.495. The third kappa shape index (κ3) is 4.80. The molecule has 4 aromatic rings. The van der Waals surface area contributed by atoms with Crippen LogP contribution in [-0.4, -0.2) is 46.4 Å². The van der Waals surface area contributed by atoms with Crippen LogP contribution in [-0.2, 0) is 16.0 Å². The van der Waals surface area contributed by atoms with Crippen LogP contribution in [0.15, 0.2) is 60.9 Å². The van der Waals surface area contributed by atoms with Crippen molar-refractivity contribution in [2.24, 2.45) is 0 Å². The number of benzene rings is 2. The average Bonchev–Trinajstić information content (AvgIpc) is 3.57. The molecule has 0 spiro atoms. The predicted molar refractivity (Wildman–Crippen MR) is 137 cm³/mol. The van der Waals surface area contributed by atoms with Gasteiger partial charge >= 0.3 is 5.97 Å². The van der Waals surface area contributed by atoms with E-state index < -0.39 is 12.1 Å². The SMILES string of the molecule is CCOC(=O)c1cn(CC[C@H]2O[C@H](c3cccc(OC)c3OC)c3cc(Cl)ccc3-n3cccc32)nn1. The van der Waals surface area contributed by atoms with Crippen molar-refractivity contribution in [1.82, 2.24) is 19.6 Å². The van der Waals surface area contributed by atoms with Crippen LogP contribution in [0.5, 0.6) is 11.5 Å². The number of methoxy groups -OCH3 is 2. The lowest BCUT2D eigenvalue weighted by Gasteiger charge is -2.25. The molecule has 0 fully saturated rings. The molecule has 0 amide bonds. The van der Waals surface area contributed by atoms with Gasteiger partial charge in [-0.2, -0.15) is 0 Å². The summed E-state index contributed by atoms with van der Waals surface area (Å²) >= 11 is 6.47. The first-order valence-electron chi connectivity index (χ1n) is 11.9. The van der Waals surface area contributed by atoms with Crippen LogP contribution in [0, 0.1) is 0 Å². The number of halogens is 1. The van der Waals surface area contributed by atoms with Gasteiger partial charge in [-0.15, -0.1) is 5.10 Å². The Bertz CT molecular complexity index is 1420. The van der Waals surface area contributed by atoms with Gasteiger partial charge in [0.2, 0.25) is 0 Å². The maximum absolute atomic E-state index is 12.0. The summed E-state index contributed by atoms with van der Waals surface area (Å²) in [5, 5.41) is 8.65. The number of aryl methyl sites for hydroxylation is 1. The summed E-state index contributed by atoms with van der Waals surface area (Å²) in [6.45, 7) is 2.50. The standard InChI is InChI=1S/C27H27ClN4O5/c1-4-36-27(33)20-16-31(30-29-20)14-12-23-22-8-6-13-32(22)21-11-10-17(28)15-19(21)25(37-23)18-7-5-9-24(34-2)26(18)35-3/h5-11,13,15-16,23,25H,4,12,14H2,1-3H3/t23-,25-/m1/s1. The summed E-state index contributed by atoms with van der Waals surface area (Å²) in [4.78, 5) is 12.0. The van der Waals surface area contributed by atoms with Gasteiger partial charge in [0, 0.05) is 28.9 Å². The maximum Gasteiger partial charge on any atom is 0.360 e. The first-order chi connectivity index (χ1) is 18.0. The predicted octanol–water partition coefficient (Wildman–Crippen LogP) is 5.17. The zero-order chi connectivity index (χ0) is 25.9. The van der Waals surface area contributed by atoms with Gasteiger partial charge < -0.3 is 23.5 Å². The fourth-order valence-electron chi connectivity index (χ4n) is 4.67. The maximum atomic E-state index is 12.0. The molecule has 0 saturated heterocycles. The monoisotopic (exact) mass is 522 g/mol. The molecular weight excluding hydrogens is 496 g/mol. The van der Waals surface area contributed by atoms with E-state index in [0.29, 0.717) is 29.5 Å². The van der Waals surface area contributed by atoms with E-state index in [1.807, 2.05) is 54.7 Å². The summed E-state index contributed by atoms with van der Waals surface area (Å²) in [5.41, 5.74) is 3.86. The minimum absolute atomic E-state index is 0.174. The van der Waals surface area contributed by atoms with Gasteiger partial charge in [0.1, 0.15) is 12.2 Å². The van der Waals surface area contributed by atoms with E-state index in [-0.39, 0.29) is 18.4 Å². The fraction of sp³-hybridized carbons (Fsp3) is 0.296. The number of fused-ring (bicyclic) bond motifs is 3. The molecule has 3 heterocycles. The quantitative estimate of drug-likeness (QED) is 0.295. The Morgan fingerprint density at radius 2 is 1.97 bits per heavy atom. The molecule has 37 heavy (non-hydrogen) atoms. The Balaban J connectivity index is 1.53. The second-order valence-corrected chi connectivity index (χ2v) is 8.91. The smallest absolute Gasteiger partial charge is 0.360 e. The van der Waals surface area contributed by atoms with Crippen molar-refractivity contribution in [3.63, 3.8) is 0 Å². The summed E-state index contributed by atoms with van der Waals surface area (Å²) < 4.78 is 26.9. The van der Waals surface area contributed by atoms with Crippen LogP contribution in [0.4, 0.5) is 0 Å². The number of carbonyl (C=O) groups is 1. The van der Waals surface area contributed by atoms with E-state index >= 15 is 0 Å². The molecule has 0 radical (unpaired) electrons. The van der Waals surface area contributed by atoms with Crippen molar-refractivity contribution in [2.75, 3.05) is 20.8 Å². The molecule has 0 N–H and O–H groups in total. The van der Waals surface area contributed by atoms with E-state index in [0.717, 1.165) is 22.5 Å². The van der Waals surface area contributed by atoms with Crippen molar-refractivity contribution in [3.05, 3.63) is 88.5 Å². The molecule has 5 rings (SSSR count). The van der Waals surface area contributed by atoms with Crippen LogP contribution in [0.1, 0.15) is 52.9 Å². The Labute approximate surface area is 219 Å². The third-order valence-electron chi connectivity index (χ3n) is 6.30. The first kappa shape index (κ1) is 24.9. The van der Waals surface area contributed by atoms with E-state index in [9.17, 15) is 4.79 Å². The highest BCUT2D eigenvalue weighted by Gasteiger charge is 2.33. The van der Waals surface area contributed by atoms with Crippen LogP contribution in [0.3, 0.4) is 0 Å². The third-order valence-corrected chi connectivity index (χ3v) is 6.54. The Morgan fingerprint density at radius 3 is 2.76 bits per heavy atom. The van der Waals surface area contributed by atoms with Gasteiger partial charge in [-0.25, -0.2) is 4.79 Å². The molecule has 0 saturated carbocycles. The van der Waals surface area contributed by atoms with E-state index in [1.54, 1.807) is 32.0 Å². The van der Waals surface area contributed by atoms with Gasteiger partial charge in [0.15, 0.2) is 17.2 Å². The van der Waals surface area contributed by atoms with Crippen LogP contribution >= 0.6 is 11.6 Å². The lowest BCUT2D eigenvalue weighted by molar-refractivity contribution is -0.00174. The molecule has 9 nitrogen and oxygen atoms in total. The molecule has 192 valence electrons. The highest BCUT2D eigenvalue weighted by atomic mass is 35.5. The number of esters is 1. The van der Waals surface area contributed by atoms with Crippen molar-refractivity contribution >= 4 is 17.6 Å². The van der Waals surface area contributed by atoms with Crippen LogP contribution < -0.4 is 9.47 Å². The Kier molecular flexibility index (Phi) is 7.16. The second kappa shape index (κ2) is 10.7. The lowest BCUT2D eigenvalue weighted by atomic mass is 9.98. The first-order valence-corrected chi connectivity index (χ1v) is 12.3. The van der Waals surface area contributed by atoms with Crippen molar-refractivity contribution < 1.29 is 23.7 Å². The minimum Gasteiger partial charge on any atom is -0.493 e. The van der Waals surface area contributed by atoms with Gasteiger partial charge in [0.05, 0.1) is 38.4 Å². The number of nitrogens with zero attached hydrogens (tertiary/aromatic N) is 4. The molecule has 0 aliphatic carbocycles. The lowest BCUT2D eigenvalue weighted by Crippen LogP contribution is -2.14. The van der Waals surface area contributed by atoms with Gasteiger partial charge in [-0.3, -0.25) is 4.68 Å². The van der Waals surface area contributed by atoms with E-state index in [2.05, 4.69) is 14.9 Å². The number of carbonyl (C=O) groups excluding carboxylic acids is 1. The normalized spacial score (nSPS) is 16.4. The summed E-state index contributed by atoms with van der Waals surface area (Å²) in [6.07, 6.45) is 3.36. The molecule has 1 aliphatic rings. The highest BCUT2D eigenvalue weighted by molar-refractivity contribution is 6.30. The second-order valence-electron chi connectivity index (χ2n) is 8.47. The summed E-state index contributed by atoms with van der Waals surface area (Å²) in [7, 11) is 3.22. The van der Waals surface area contributed by atoms with Crippen LogP contribution in [0.2, 0.25) is 5.02 Å². The van der Waals surface area contributed by atoms with E-state index in [1.165, 1.54) is 0 Å². The van der Waals surface area contributed by atoms with Crippen LogP contribution in [0.25, 0.3) is 5.69 Å². The van der Waals surface area contributed by atoms with Crippen molar-refractivity contribution in [3.8, 4) is 17.2 Å². The fourth-order valence-corrected chi connectivity index (χ4v) is 4.85. The molecule has 0 bridgehead atoms. The molecular formula is C27H27ClN4O5. The molecule has 2 atom stereocenters. The zero-order valence-corrected chi connectivity index (χ0v) is 21.5. The average molecular weight is 523 g/mol. The molecule has 2 aromatic carbocycles. The van der Waals surface area contributed by atoms with Crippen molar-refractivity contribution in [2.45, 2.75) is 32.1 Å². The van der Waals surface area contributed by atoms with Gasteiger partial charge in [-0.05, 0) is 49.7 Å². The summed E-state index contributed by atoms with van der Waals surface area (Å²) in [6, 6.07) is 15.6. The summed E-state index contributed by atoms with van der Waals surface area (Å²) in [5.74, 6) is 0.717. The van der Waals surface area contributed by atoms with Gasteiger partial charge in [0.25, 0.3) is 0 Å².